The molecule has 4 heteroatoms. The molecule has 0 N–H and O–H groups in total. The van der Waals surface area contributed by atoms with Crippen LogP contribution in [0.15, 0.2) is 65.7 Å². The van der Waals surface area contributed by atoms with Crippen LogP contribution in [-0.2, 0) is 0 Å². The molecule has 0 heterocycles. The second kappa shape index (κ2) is 5.90. The molecule has 0 aromatic heterocycles. The standard InChI is InChI=1S/C16H14F3N/c1-12(13-8-4-2-5-9-13)20-15(16(17,18)19)14-10-6-3-7-11-14/h2-11,15H,1H3/t15-/m0/s1. The Labute approximate surface area is 115 Å². The highest BCUT2D eigenvalue weighted by Crippen LogP contribution is 2.36. The number of benzene rings is 2. The first-order valence-electron chi connectivity index (χ1n) is 6.20. The summed E-state index contributed by atoms with van der Waals surface area (Å²) in [6.07, 6.45) is -4.41. The van der Waals surface area contributed by atoms with Crippen molar-refractivity contribution in [3.8, 4) is 0 Å². The summed E-state index contributed by atoms with van der Waals surface area (Å²) >= 11 is 0. The largest absolute Gasteiger partial charge is 0.414 e. The monoisotopic (exact) mass is 277 g/mol. The molecule has 20 heavy (non-hydrogen) atoms. The van der Waals surface area contributed by atoms with Gasteiger partial charge in [-0.3, -0.25) is 4.99 Å². The summed E-state index contributed by atoms with van der Waals surface area (Å²) in [6, 6.07) is 14.8. The third kappa shape index (κ3) is 3.47. The van der Waals surface area contributed by atoms with Crippen molar-refractivity contribution in [2.24, 2.45) is 4.99 Å². The highest BCUT2D eigenvalue weighted by Gasteiger charge is 2.40. The zero-order valence-electron chi connectivity index (χ0n) is 10.9. The van der Waals surface area contributed by atoms with Gasteiger partial charge < -0.3 is 0 Å². The van der Waals surface area contributed by atoms with Gasteiger partial charge in [0.1, 0.15) is 0 Å². The van der Waals surface area contributed by atoms with E-state index in [4.69, 9.17) is 0 Å². The van der Waals surface area contributed by atoms with E-state index in [9.17, 15) is 13.2 Å². The summed E-state index contributed by atoms with van der Waals surface area (Å²) in [7, 11) is 0. The van der Waals surface area contributed by atoms with E-state index in [0.717, 1.165) is 0 Å². The number of nitrogens with zero attached hydrogens (tertiary/aromatic N) is 1. The lowest BCUT2D eigenvalue weighted by Gasteiger charge is -2.18. The van der Waals surface area contributed by atoms with Gasteiger partial charge >= 0.3 is 6.18 Å². The Hall–Kier alpha value is -2.10. The maximum Gasteiger partial charge on any atom is 0.414 e. The van der Waals surface area contributed by atoms with Crippen molar-refractivity contribution in [3.05, 3.63) is 71.8 Å². The molecular weight excluding hydrogens is 263 g/mol. The van der Waals surface area contributed by atoms with Gasteiger partial charge in [0.2, 0.25) is 0 Å². The Bertz CT molecular complexity index is 574. The number of halogens is 3. The fraction of sp³-hybridized carbons (Fsp3) is 0.188. The molecule has 0 fully saturated rings. The van der Waals surface area contributed by atoms with Gasteiger partial charge in [-0.2, -0.15) is 13.2 Å². The second-order valence-corrected chi connectivity index (χ2v) is 4.44. The van der Waals surface area contributed by atoms with Gasteiger partial charge in [-0.25, -0.2) is 0 Å². The topological polar surface area (TPSA) is 12.4 Å². The van der Waals surface area contributed by atoms with Crippen LogP contribution >= 0.6 is 0 Å². The van der Waals surface area contributed by atoms with Gasteiger partial charge in [0.05, 0.1) is 0 Å². The summed E-state index contributed by atoms with van der Waals surface area (Å²) < 4.78 is 39.5. The number of hydrogen-bond acceptors (Lipinski definition) is 1. The van der Waals surface area contributed by atoms with Crippen LogP contribution in [0.4, 0.5) is 13.2 Å². The normalized spacial score (nSPS) is 14.1. The third-order valence-corrected chi connectivity index (χ3v) is 2.94. The Balaban J connectivity index is 2.39. The predicted octanol–water partition coefficient (Wildman–Crippen LogP) is 4.80. The van der Waals surface area contributed by atoms with Crippen LogP contribution in [0.1, 0.15) is 24.1 Å². The summed E-state index contributed by atoms with van der Waals surface area (Å²) in [4.78, 5) is 3.88. The Morgan fingerprint density at radius 2 is 1.40 bits per heavy atom. The maximum atomic E-state index is 13.2. The summed E-state index contributed by atoms with van der Waals surface area (Å²) in [5.74, 6) is 0. The van der Waals surface area contributed by atoms with Crippen LogP contribution in [0, 0.1) is 0 Å². The molecule has 1 nitrogen and oxygen atoms in total. The molecule has 104 valence electrons. The van der Waals surface area contributed by atoms with Crippen molar-refractivity contribution in [1.29, 1.82) is 0 Å². The molecule has 0 saturated heterocycles. The molecule has 0 radical (unpaired) electrons. The quantitative estimate of drug-likeness (QED) is 0.715. The van der Waals surface area contributed by atoms with Crippen molar-refractivity contribution in [3.63, 3.8) is 0 Å². The van der Waals surface area contributed by atoms with Crippen molar-refractivity contribution >= 4 is 5.71 Å². The zero-order valence-corrected chi connectivity index (χ0v) is 10.9. The Kier molecular flexibility index (Phi) is 4.23. The van der Waals surface area contributed by atoms with E-state index in [-0.39, 0.29) is 5.56 Å². The van der Waals surface area contributed by atoms with Gasteiger partial charge in [0, 0.05) is 5.71 Å². The molecule has 0 aliphatic carbocycles. The number of rotatable bonds is 3. The molecular formula is C16H14F3N. The smallest absolute Gasteiger partial charge is 0.272 e. The van der Waals surface area contributed by atoms with Crippen molar-refractivity contribution in [1.82, 2.24) is 0 Å². The Morgan fingerprint density at radius 3 is 1.90 bits per heavy atom. The first kappa shape index (κ1) is 14.3. The number of alkyl halides is 3. The second-order valence-electron chi connectivity index (χ2n) is 4.44. The molecule has 2 aromatic rings. The first-order valence-corrected chi connectivity index (χ1v) is 6.20. The minimum Gasteiger partial charge on any atom is -0.272 e. The lowest BCUT2D eigenvalue weighted by Crippen LogP contribution is -2.20. The highest BCUT2D eigenvalue weighted by atomic mass is 19.4. The molecule has 0 spiro atoms. The van der Waals surface area contributed by atoms with E-state index in [2.05, 4.69) is 4.99 Å². The average molecular weight is 277 g/mol. The summed E-state index contributed by atoms with van der Waals surface area (Å²) in [6.45, 7) is 1.59. The van der Waals surface area contributed by atoms with Gasteiger partial charge in [-0.15, -0.1) is 0 Å². The maximum absolute atomic E-state index is 13.2. The van der Waals surface area contributed by atoms with Crippen LogP contribution in [-0.4, -0.2) is 11.9 Å². The first-order chi connectivity index (χ1) is 9.48. The lowest BCUT2D eigenvalue weighted by molar-refractivity contribution is -0.148. The average Bonchev–Trinajstić information content (AvgIpc) is 2.45. The van der Waals surface area contributed by atoms with Crippen molar-refractivity contribution < 1.29 is 13.2 Å². The van der Waals surface area contributed by atoms with E-state index < -0.39 is 12.2 Å². The fourth-order valence-electron chi connectivity index (χ4n) is 1.92. The fourth-order valence-corrected chi connectivity index (χ4v) is 1.92. The minimum absolute atomic E-state index is 0.148. The lowest BCUT2D eigenvalue weighted by atomic mass is 10.1. The Morgan fingerprint density at radius 1 is 0.900 bits per heavy atom. The van der Waals surface area contributed by atoms with E-state index in [0.29, 0.717) is 11.3 Å². The summed E-state index contributed by atoms with van der Waals surface area (Å²) in [5.41, 5.74) is 1.21. The number of aliphatic imine (C=N–C) groups is 1. The molecule has 0 unspecified atom stereocenters. The molecule has 0 saturated carbocycles. The molecule has 1 atom stereocenters. The predicted molar refractivity (Wildman–Crippen MR) is 73.9 cm³/mol. The summed E-state index contributed by atoms with van der Waals surface area (Å²) in [5, 5.41) is 0. The van der Waals surface area contributed by atoms with E-state index in [1.165, 1.54) is 12.1 Å². The van der Waals surface area contributed by atoms with Gasteiger partial charge in [-0.05, 0) is 18.1 Å². The minimum atomic E-state index is -4.41. The van der Waals surface area contributed by atoms with Gasteiger partial charge in [0.15, 0.2) is 6.04 Å². The van der Waals surface area contributed by atoms with E-state index >= 15 is 0 Å². The van der Waals surface area contributed by atoms with E-state index in [1.807, 2.05) is 6.07 Å². The zero-order chi connectivity index (χ0) is 14.6. The third-order valence-electron chi connectivity index (χ3n) is 2.94. The molecule has 2 aromatic carbocycles. The molecule has 0 aliphatic heterocycles. The van der Waals surface area contributed by atoms with Crippen LogP contribution in [0.25, 0.3) is 0 Å². The van der Waals surface area contributed by atoms with Crippen LogP contribution < -0.4 is 0 Å². The molecule has 0 aliphatic rings. The highest BCUT2D eigenvalue weighted by molar-refractivity contribution is 5.98. The molecule has 2 rings (SSSR count). The van der Waals surface area contributed by atoms with Crippen LogP contribution in [0.5, 0.6) is 0 Å². The SMILES string of the molecule is CC(=N[C@@H](c1ccccc1)C(F)(F)F)c1ccccc1. The number of hydrogen-bond donors (Lipinski definition) is 0. The van der Waals surface area contributed by atoms with E-state index in [1.54, 1.807) is 49.4 Å². The van der Waals surface area contributed by atoms with Crippen molar-refractivity contribution in [2.75, 3.05) is 0 Å². The molecule has 0 amide bonds. The molecule has 0 bridgehead atoms. The van der Waals surface area contributed by atoms with Crippen LogP contribution in [0.2, 0.25) is 0 Å². The van der Waals surface area contributed by atoms with Crippen LogP contribution in [0.3, 0.4) is 0 Å². The van der Waals surface area contributed by atoms with Gasteiger partial charge in [-0.1, -0.05) is 60.7 Å². The van der Waals surface area contributed by atoms with Gasteiger partial charge in [0.25, 0.3) is 0 Å². The van der Waals surface area contributed by atoms with Crippen molar-refractivity contribution in [2.45, 2.75) is 19.1 Å².